The van der Waals surface area contributed by atoms with Gasteiger partial charge in [-0.3, -0.25) is 4.79 Å². The number of imidazole rings is 1. The van der Waals surface area contributed by atoms with Gasteiger partial charge in [0.1, 0.15) is 11.6 Å². The summed E-state index contributed by atoms with van der Waals surface area (Å²) in [6.45, 7) is 1.83. The number of nitrogens with zero attached hydrogens (tertiary/aromatic N) is 1. The third-order valence-corrected chi connectivity index (χ3v) is 3.42. The first kappa shape index (κ1) is 13.2. The van der Waals surface area contributed by atoms with Crippen molar-refractivity contribution in [2.75, 3.05) is 0 Å². The number of aromatic nitrogens is 2. The molecule has 1 atom stereocenters. The number of carbonyl (C=O) groups is 1. The number of aromatic amines is 1. The largest absolute Gasteiger partial charge is 0.506 e. The summed E-state index contributed by atoms with van der Waals surface area (Å²) in [6.07, 6.45) is 3.33. The molecule has 0 saturated heterocycles. The number of nitrogens with one attached hydrogen (secondary N) is 2. The maximum Gasteiger partial charge on any atom is 0.255 e. The van der Waals surface area contributed by atoms with Gasteiger partial charge in [0.05, 0.1) is 11.6 Å². The van der Waals surface area contributed by atoms with Crippen molar-refractivity contribution in [1.29, 1.82) is 0 Å². The number of fused-ring (bicyclic) bond motifs is 1. The standard InChI is InChI=1S/C16H15N3O2/c1-10(15-17-8-9-18-15)19-16(21)13-7-6-11-4-2-3-5-12(11)14(13)20/h2-10,20H,1H3,(H,17,18)(H,19,21). The second-order valence-corrected chi connectivity index (χ2v) is 4.85. The van der Waals surface area contributed by atoms with E-state index in [-0.39, 0.29) is 23.3 Å². The minimum absolute atomic E-state index is 0.00255. The average Bonchev–Trinajstić information content (AvgIpc) is 3.02. The molecule has 0 aliphatic carbocycles. The molecule has 0 aliphatic rings. The normalized spacial score (nSPS) is 12.2. The molecule has 3 rings (SSSR count). The van der Waals surface area contributed by atoms with E-state index in [0.717, 1.165) is 5.39 Å². The van der Waals surface area contributed by atoms with Crippen LogP contribution in [-0.4, -0.2) is 21.0 Å². The van der Waals surface area contributed by atoms with Crippen LogP contribution < -0.4 is 5.32 Å². The highest BCUT2D eigenvalue weighted by molar-refractivity contribution is 6.03. The van der Waals surface area contributed by atoms with Crippen LogP contribution in [0.3, 0.4) is 0 Å². The molecule has 2 aromatic carbocycles. The Bertz CT molecular complexity index is 781. The number of benzene rings is 2. The summed E-state index contributed by atoms with van der Waals surface area (Å²) >= 11 is 0. The lowest BCUT2D eigenvalue weighted by atomic mass is 10.0. The Labute approximate surface area is 121 Å². The first-order valence-corrected chi connectivity index (χ1v) is 6.67. The van der Waals surface area contributed by atoms with Gasteiger partial charge in [0.2, 0.25) is 0 Å². The smallest absolute Gasteiger partial charge is 0.255 e. The van der Waals surface area contributed by atoms with E-state index < -0.39 is 0 Å². The van der Waals surface area contributed by atoms with Crippen LogP contribution in [0.25, 0.3) is 10.8 Å². The van der Waals surface area contributed by atoms with Gasteiger partial charge in [0.25, 0.3) is 5.91 Å². The van der Waals surface area contributed by atoms with Crippen molar-refractivity contribution in [3.63, 3.8) is 0 Å². The quantitative estimate of drug-likeness (QED) is 0.690. The number of phenolic OH excluding ortho intramolecular Hbond substituents is 1. The van der Waals surface area contributed by atoms with Crippen molar-refractivity contribution in [2.45, 2.75) is 13.0 Å². The minimum atomic E-state index is -0.331. The predicted molar refractivity (Wildman–Crippen MR) is 80.1 cm³/mol. The fourth-order valence-electron chi connectivity index (χ4n) is 2.30. The van der Waals surface area contributed by atoms with Crippen LogP contribution in [0.4, 0.5) is 0 Å². The fourth-order valence-corrected chi connectivity index (χ4v) is 2.30. The van der Waals surface area contributed by atoms with Crippen molar-refractivity contribution in [3.05, 3.63) is 60.2 Å². The third-order valence-electron chi connectivity index (χ3n) is 3.42. The first-order valence-electron chi connectivity index (χ1n) is 6.67. The predicted octanol–water partition coefficient (Wildman–Crippen LogP) is 2.76. The lowest BCUT2D eigenvalue weighted by Crippen LogP contribution is -2.27. The molecule has 106 valence electrons. The number of amides is 1. The number of aromatic hydroxyl groups is 1. The third kappa shape index (κ3) is 2.45. The van der Waals surface area contributed by atoms with E-state index in [0.29, 0.717) is 11.2 Å². The molecule has 0 fully saturated rings. The summed E-state index contributed by atoms with van der Waals surface area (Å²) in [5.74, 6) is 0.336. The van der Waals surface area contributed by atoms with Gasteiger partial charge in [0, 0.05) is 17.8 Å². The Morgan fingerprint density at radius 3 is 2.86 bits per heavy atom. The topological polar surface area (TPSA) is 78.0 Å². The van der Waals surface area contributed by atoms with Gasteiger partial charge in [-0.15, -0.1) is 0 Å². The molecule has 21 heavy (non-hydrogen) atoms. The molecule has 5 nitrogen and oxygen atoms in total. The van der Waals surface area contributed by atoms with Crippen LogP contribution in [0, 0.1) is 0 Å². The second kappa shape index (κ2) is 5.28. The summed E-state index contributed by atoms with van der Waals surface area (Å²) in [5, 5.41) is 14.6. The van der Waals surface area contributed by atoms with E-state index in [1.54, 1.807) is 24.5 Å². The van der Waals surface area contributed by atoms with Crippen LogP contribution in [0.15, 0.2) is 48.8 Å². The summed E-state index contributed by atoms with van der Waals surface area (Å²) in [5.41, 5.74) is 0.257. The number of phenols is 1. The lowest BCUT2D eigenvalue weighted by Gasteiger charge is -2.13. The van der Waals surface area contributed by atoms with Crippen LogP contribution in [0.2, 0.25) is 0 Å². The van der Waals surface area contributed by atoms with Crippen molar-refractivity contribution in [2.24, 2.45) is 0 Å². The fraction of sp³-hybridized carbons (Fsp3) is 0.125. The summed E-state index contributed by atoms with van der Waals surface area (Å²) in [6, 6.07) is 10.6. The molecule has 0 radical (unpaired) electrons. The van der Waals surface area contributed by atoms with E-state index in [2.05, 4.69) is 15.3 Å². The second-order valence-electron chi connectivity index (χ2n) is 4.85. The van der Waals surface area contributed by atoms with Gasteiger partial charge in [-0.2, -0.15) is 0 Å². The zero-order valence-electron chi connectivity index (χ0n) is 11.5. The molecule has 5 heteroatoms. The lowest BCUT2D eigenvalue weighted by molar-refractivity contribution is 0.0936. The highest BCUT2D eigenvalue weighted by atomic mass is 16.3. The summed E-state index contributed by atoms with van der Waals surface area (Å²) in [4.78, 5) is 19.4. The molecule has 3 N–H and O–H groups in total. The van der Waals surface area contributed by atoms with Crippen molar-refractivity contribution < 1.29 is 9.90 Å². The molecule has 1 aromatic heterocycles. The highest BCUT2D eigenvalue weighted by Gasteiger charge is 2.17. The SMILES string of the molecule is CC(NC(=O)c1ccc2ccccc2c1O)c1ncc[nH]1. The maximum atomic E-state index is 12.3. The molecule has 0 aliphatic heterocycles. The molecule has 1 amide bonds. The van der Waals surface area contributed by atoms with Gasteiger partial charge in [-0.25, -0.2) is 4.98 Å². The molecule has 1 unspecified atom stereocenters. The number of carbonyl (C=O) groups excluding carboxylic acids is 1. The van der Waals surface area contributed by atoms with Gasteiger partial charge in [-0.05, 0) is 18.4 Å². The van der Waals surface area contributed by atoms with Crippen LogP contribution in [0.5, 0.6) is 5.75 Å². The van der Waals surface area contributed by atoms with E-state index >= 15 is 0 Å². The molecular formula is C16H15N3O2. The summed E-state index contributed by atoms with van der Waals surface area (Å²) < 4.78 is 0. The zero-order chi connectivity index (χ0) is 14.8. The molecule has 0 bridgehead atoms. The van der Waals surface area contributed by atoms with E-state index in [1.165, 1.54) is 0 Å². The molecular weight excluding hydrogens is 266 g/mol. The van der Waals surface area contributed by atoms with Crippen LogP contribution in [0.1, 0.15) is 29.1 Å². The van der Waals surface area contributed by atoms with E-state index in [1.807, 2.05) is 31.2 Å². The van der Waals surface area contributed by atoms with Crippen LogP contribution >= 0.6 is 0 Å². The zero-order valence-corrected chi connectivity index (χ0v) is 11.5. The Morgan fingerprint density at radius 2 is 2.10 bits per heavy atom. The monoisotopic (exact) mass is 281 g/mol. The van der Waals surface area contributed by atoms with E-state index in [4.69, 9.17) is 0 Å². The number of H-pyrrole nitrogens is 1. The number of hydrogen-bond acceptors (Lipinski definition) is 3. The molecule has 0 spiro atoms. The first-order chi connectivity index (χ1) is 10.2. The maximum absolute atomic E-state index is 12.3. The Kier molecular flexibility index (Phi) is 3.31. The number of rotatable bonds is 3. The van der Waals surface area contributed by atoms with Crippen LogP contribution in [-0.2, 0) is 0 Å². The molecule has 3 aromatic rings. The van der Waals surface area contributed by atoms with Crippen molar-refractivity contribution >= 4 is 16.7 Å². The Hall–Kier alpha value is -2.82. The van der Waals surface area contributed by atoms with Gasteiger partial charge in [-0.1, -0.05) is 30.3 Å². The van der Waals surface area contributed by atoms with Gasteiger partial charge >= 0.3 is 0 Å². The minimum Gasteiger partial charge on any atom is -0.506 e. The Morgan fingerprint density at radius 1 is 1.29 bits per heavy atom. The van der Waals surface area contributed by atoms with Crippen molar-refractivity contribution in [1.82, 2.24) is 15.3 Å². The number of hydrogen-bond donors (Lipinski definition) is 3. The Balaban J connectivity index is 1.90. The molecule has 0 saturated carbocycles. The van der Waals surface area contributed by atoms with E-state index in [9.17, 15) is 9.90 Å². The summed E-state index contributed by atoms with van der Waals surface area (Å²) in [7, 11) is 0. The van der Waals surface area contributed by atoms with Gasteiger partial charge < -0.3 is 15.4 Å². The average molecular weight is 281 g/mol. The van der Waals surface area contributed by atoms with Gasteiger partial charge in [0.15, 0.2) is 0 Å². The van der Waals surface area contributed by atoms with Crippen molar-refractivity contribution in [3.8, 4) is 5.75 Å². The highest BCUT2D eigenvalue weighted by Crippen LogP contribution is 2.28. The molecule has 1 heterocycles.